The maximum absolute atomic E-state index is 13.0. The molecule has 134 valence electrons. The molecule has 0 aliphatic heterocycles. The molecule has 0 saturated heterocycles. The molecule has 1 N–H and O–H groups in total. The van der Waals surface area contributed by atoms with Crippen LogP contribution in [-0.2, 0) is 17.6 Å². The summed E-state index contributed by atoms with van der Waals surface area (Å²) in [6.45, 7) is 1.76. The normalized spacial score (nSPS) is 15.0. The Kier molecular flexibility index (Phi) is 4.36. The molecule has 1 aromatic carbocycles. The lowest BCUT2D eigenvalue weighted by atomic mass is 9.89. The van der Waals surface area contributed by atoms with E-state index in [0.717, 1.165) is 24.0 Å². The average molecular weight is 368 g/mol. The van der Waals surface area contributed by atoms with Gasteiger partial charge in [0, 0.05) is 10.9 Å². The van der Waals surface area contributed by atoms with Crippen LogP contribution in [0.4, 0.5) is 0 Å². The predicted octanol–water partition coefficient (Wildman–Crippen LogP) is 4.04. The highest BCUT2D eigenvalue weighted by Gasteiger charge is 2.22. The number of aryl methyl sites for hydroxylation is 2. The highest BCUT2D eigenvalue weighted by atomic mass is 32.1. The van der Waals surface area contributed by atoms with Crippen molar-refractivity contribution in [1.82, 2.24) is 9.55 Å². The number of nitrogens with zero attached hydrogens (tertiary/aromatic N) is 2. The molecular formula is C20H20N2O3S. The van der Waals surface area contributed by atoms with E-state index in [2.05, 4.69) is 23.2 Å². The molecule has 2 heterocycles. The third-order valence-electron chi connectivity index (χ3n) is 5.19. The van der Waals surface area contributed by atoms with Gasteiger partial charge in [-0.25, -0.2) is 9.78 Å². The summed E-state index contributed by atoms with van der Waals surface area (Å²) in [6.07, 6.45) is 6.32. The van der Waals surface area contributed by atoms with Gasteiger partial charge in [-0.05, 0) is 48.8 Å². The number of benzene rings is 1. The molecule has 0 spiro atoms. The van der Waals surface area contributed by atoms with Crippen LogP contribution >= 0.6 is 11.3 Å². The van der Waals surface area contributed by atoms with Gasteiger partial charge in [0.15, 0.2) is 0 Å². The van der Waals surface area contributed by atoms with E-state index in [4.69, 9.17) is 0 Å². The third-order valence-corrected chi connectivity index (χ3v) is 6.07. The first kappa shape index (κ1) is 17.0. The molecular weight excluding hydrogens is 348 g/mol. The molecule has 4 rings (SSSR count). The molecule has 0 bridgehead atoms. The summed E-state index contributed by atoms with van der Waals surface area (Å²) in [6, 6.07) is 5.52. The van der Waals surface area contributed by atoms with Crippen molar-refractivity contribution >= 4 is 27.5 Å². The van der Waals surface area contributed by atoms with E-state index in [1.807, 2.05) is 5.38 Å². The van der Waals surface area contributed by atoms with Gasteiger partial charge in [0.05, 0.1) is 11.7 Å². The second-order valence-electron chi connectivity index (χ2n) is 6.74. The van der Waals surface area contributed by atoms with Crippen LogP contribution < -0.4 is 5.56 Å². The van der Waals surface area contributed by atoms with Crippen LogP contribution in [0.5, 0.6) is 0 Å². The molecule has 0 fully saturated rings. The lowest BCUT2D eigenvalue weighted by Crippen LogP contribution is -2.29. The van der Waals surface area contributed by atoms with Crippen molar-refractivity contribution in [2.24, 2.45) is 0 Å². The lowest BCUT2D eigenvalue weighted by Gasteiger charge is -2.16. The van der Waals surface area contributed by atoms with Crippen LogP contribution in [-0.4, -0.2) is 20.6 Å². The van der Waals surface area contributed by atoms with Gasteiger partial charge in [0.2, 0.25) is 0 Å². The van der Waals surface area contributed by atoms with Crippen molar-refractivity contribution in [2.45, 2.75) is 45.1 Å². The Bertz CT molecular complexity index is 1050. The Morgan fingerprint density at radius 1 is 1.31 bits per heavy atom. The summed E-state index contributed by atoms with van der Waals surface area (Å²) < 4.78 is 1.25. The Labute approximate surface area is 154 Å². The Hall–Kier alpha value is -2.47. The van der Waals surface area contributed by atoms with E-state index >= 15 is 0 Å². The zero-order valence-electron chi connectivity index (χ0n) is 14.6. The van der Waals surface area contributed by atoms with Crippen molar-refractivity contribution in [2.75, 3.05) is 0 Å². The Morgan fingerprint density at radius 3 is 2.81 bits per heavy atom. The number of aromatic nitrogens is 2. The maximum atomic E-state index is 13.0. The molecule has 6 heteroatoms. The highest BCUT2D eigenvalue weighted by Crippen LogP contribution is 2.33. The molecule has 0 saturated carbocycles. The van der Waals surface area contributed by atoms with Crippen molar-refractivity contribution in [3.8, 4) is 11.1 Å². The summed E-state index contributed by atoms with van der Waals surface area (Å²) >= 11 is 1.42. The summed E-state index contributed by atoms with van der Waals surface area (Å²) in [5.74, 6) is -1.01. The number of hydrogen-bond acceptors (Lipinski definition) is 4. The van der Waals surface area contributed by atoms with E-state index in [9.17, 15) is 14.7 Å². The minimum atomic E-state index is -1.01. The maximum Gasteiger partial charge on any atom is 0.326 e. The number of hydrogen-bond donors (Lipinski definition) is 1. The number of carboxylic acid groups (broad SMARTS) is 1. The van der Waals surface area contributed by atoms with Gasteiger partial charge in [-0.15, -0.1) is 11.3 Å². The fourth-order valence-electron chi connectivity index (χ4n) is 3.77. The van der Waals surface area contributed by atoms with Gasteiger partial charge < -0.3 is 5.11 Å². The average Bonchev–Trinajstić information content (AvgIpc) is 3.08. The molecule has 1 atom stereocenters. The second kappa shape index (κ2) is 6.68. The van der Waals surface area contributed by atoms with E-state index in [1.165, 1.54) is 46.2 Å². The number of carboxylic acids is 1. The number of carbonyl (C=O) groups is 1. The zero-order chi connectivity index (χ0) is 18.3. The third kappa shape index (κ3) is 2.74. The van der Waals surface area contributed by atoms with Crippen LogP contribution in [0.1, 0.15) is 43.4 Å². The molecule has 3 aromatic rings. The lowest BCUT2D eigenvalue weighted by molar-refractivity contribution is -0.141. The van der Waals surface area contributed by atoms with E-state index in [-0.39, 0.29) is 5.56 Å². The number of fused-ring (bicyclic) bond motifs is 2. The molecule has 26 heavy (non-hydrogen) atoms. The van der Waals surface area contributed by atoms with Gasteiger partial charge in [0.25, 0.3) is 5.56 Å². The van der Waals surface area contributed by atoms with E-state index in [1.54, 1.807) is 6.92 Å². The molecule has 2 aromatic heterocycles. The largest absolute Gasteiger partial charge is 0.480 e. The molecule has 0 radical (unpaired) electrons. The van der Waals surface area contributed by atoms with E-state index in [0.29, 0.717) is 16.6 Å². The second-order valence-corrected chi connectivity index (χ2v) is 7.60. The summed E-state index contributed by atoms with van der Waals surface area (Å²) in [7, 11) is 0. The van der Waals surface area contributed by atoms with E-state index < -0.39 is 12.0 Å². The molecule has 5 nitrogen and oxygen atoms in total. The van der Waals surface area contributed by atoms with Crippen molar-refractivity contribution < 1.29 is 9.90 Å². The van der Waals surface area contributed by atoms with Crippen LogP contribution in [0.3, 0.4) is 0 Å². The number of rotatable bonds is 4. The Morgan fingerprint density at radius 2 is 2.08 bits per heavy atom. The first-order chi connectivity index (χ1) is 12.6. The first-order valence-corrected chi connectivity index (χ1v) is 9.81. The summed E-state index contributed by atoms with van der Waals surface area (Å²) in [5, 5.41) is 11.9. The SMILES string of the molecule is CC[C@H](C(=O)O)n1cnc2scc(-c3ccc4c(c3)CCCC4)c2c1=O. The van der Waals surface area contributed by atoms with Crippen LogP contribution in [0.25, 0.3) is 21.3 Å². The van der Waals surface area contributed by atoms with Crippen LogP contribution in [0, 0.1) is 0 Å². The number of aliphatic carboxylic acids is 1. The standard InChI is InChI=1S/C20H20N2O3S/c1-2-16(20(24)25)22-11-21-18-17(19(22)23)15(10-26-18)14-8-7-12-5-3-4-6-13(12)9-14/h7-11,16H,2-6H2,1H3,(H,24,25)/t16-/m1/s1. The minimum absolute atomic E-state index is 0.279. The monoisotopic (exact) mass is 368 g/mol. The smallest absolute Gasteiger partial charge is 0.326 e. The molecule has 0 unspecified atom stereocenters. The van der Waals surface area contributed by atoms with Crippen LogP contribution in [0.15, 0.2) is 34.7 Å². The molecule has 1 aliphatic carbocycles. The summed E-state index contributed by atoms with van der Waals surface area (Å²) in [5.41, 5.74) is 4.34. The minimum Gasteiger partial charge on any atom is -0.480 e. The molecule has 1 aliphatic rings. The fraction of sp³-hybridized carbons (Fsp3) is 0.350. The van der Waals surface area contributed by atoms with Gasteiger partial charge in [-0.2, -0.15) is 0 Å². The first-order valence-electron chi connectivity index (χ1n) is 8.93. The van der Waals surface area contributed by atoms with Gasteiger partial charge >= 0.3 is 5.97 Å². The highest BCUT2D eigenvalue weighted by molar-refractivity contribution is 7.17. The van der Waals surface area contributed by atoms with Gasteiger partial charge in [-0.3, -0.25) is 9.36 Å². The topological polar surface area (TPSA) is 72.2 Å². The van der Waals surface area contributed by atoms with Gasteiger partial charge in [-0.1, -0.05) is 25.1 Å². The number of thiophene rings is 1. The summed E-state index contributed by atoms with van der Waals surface area (Å²) in [4.78, 5) is 29.5. The zero-order valence-corrected chi connectivity index (χ0v) is 15.4. The van der Waals surface area contributed by atoms with Crippen molar-refractivity contribution in [1.29, 1.82) is 0 Å². The quantitative estimate of drug-likeness (QED) is 0.754. The Balaban J connectivity index is 1.89. The van der Waals surface area contributed by atoms with Crippen molar-refractivity contribution in [3.63, 3.8) is 0 Å². The predicted molar refractivity (Wildman–Crippen MR) is 103 cm³/mol. The fourth-order valence-corrected chi connectivity index (χ4v) is 4.68. The van der Waals surface area contributed by atoms with Gasteiger partial charge in [0.1, 0.15) is 10.9 Å². The van der Waals surface area contributed by atoms with Crippen molar-refractivity contribution in [3.05, 3.63) is 51.4 Å². The van der Waals surface area contributed by atoms with Crippen LogP contribution in [0.2, 0.25) is 0 Å². The molecule has 0 amide bonds.